The van der Waals surface area contributed by atoms with Crippen LogP contribution in [0.1, 0.15) is 44.7 Å². The quantitative estimate of drug-likeness (QED) is 0.753. The Balaban J connectivity index is 1.93. The van der Waals surface area contributed by atoms with Crippen molar-refractivity contribution in [2.45, 2.75) is 46.3 Å². The number of benzene rings is 1. The van der Waals surface area contributed by atoms with Gasteiger partial charge in [0.1, 0.15) is 10.6 Å². The van der Waals surface area contributed by atoms with E-state index in [1.54, 1.807) is 23.3 Å². The summed E-state index contributed by atoms with van der Waals surface area (Å²) in [5, 5.41) is 0.954. The van der Waals surface area contributed by atoms with Crippen molar-refractivity contribution in [1.29, 1.82) is 0 Å². The minimum absolute atomic E-state index is 0.297. The molecule has 1 amide bonds. The zero-order valence-electron chi connectivity index (χ0n) is 16.0. The Kier molecular flexibility index (Phi) is 5.34. The third kappa shape index (κ3) is 4.24. The van der Waals surface area contributed by atoms with Crippen LogP contribution in [0.25, 0.3) is 15.9 Å². The van der Waals surface area contributed by atoms with Crippen LogP contribution in [-0.4, -0.2) is 35.2 Å². The SMILES string of the molecule is COCc1nc2cc(C3=CCC(C)CN3C(=O)OC(C)(C)C)ccc2s1. The van der Waals surface area contributed by atoms with Crippen LogP contribution in [0.15, 0.2) is 24.3 Å². The minimum atomic E-state index is -0.517. The van der Waals surface area contributed by atoms with Crippen LogP contribution in [0.2, 0.25) is 0 Å². The number of allylic oxidation sites excluding steroid dienone is 1. The number of nitrogens with zero attached hydrogens (tertiary/aromatic N) is 2. The molecular weight excluding hydrogens is 348 g/mol. The first kappa shape index (κ1) is 18.9. The molecule has 0 fully saturated rings. The number of ether oxygens (including phenoxy) is 2. The lowest BCUT2D eigenvalue weighted by atomic mass is 9.98. The number of methoxy groups -OCH3 is 1. The lowest BCUT2D eigenvalue weighted by molar-refractivity contribution is 0.0327. The molecule has 1 unspecified atom stereocenters. The average Bonchev–Trinajstić information content (AvgIpc) is 2.95. The molecule has 2 heterocycles. The second kappa shape index (κ2) is 7.37. The van der Waals surface area contributed by atoms with Gasteiger partial charge in [-0.3, -0.25) is 4.90 Å². The smallest absolute Gasteiger partial charge is 0.414 e. The van der Waals surface area contributed by atoms with Crippen LogP contribution in [0.4, 0.5) is 4.79 Å². The Labute approximate surface area is 158 Å². The van der Waals surface area contributed by atoms with E-state index in [0.29, 0.717) is 19.1 Å². The number of rotatable bonds is 3. The first-order chi connectivity index (χ1) is 12.3. The van der Waals surface area contributed by atoms with Gasteiger partial charge in [-0.15, -0.1) is 11.3 Å². The predicted molar refractivity (Wildman–Crippen MR) is 105 cm³/mol. The number of hydrogen-bond acceptors (Lipinski definition) is 5. The highest BCUT2D eigenvalue weighted by Gasteiger charge is 2.29. The minimum Gasteiger partial charge on any atom is -0.443 e. The Morgan fingerprint density at radius 2 is 2.15 bits per heavy atom. The van der Waals surface area contributed by atoms with E-state index < -0.39 is 5.60 Å². The van der Waals surface area contributed by atoms with E-state index >= 15 is 0 Å². The van der Waals surface area contributed by atoms with Crippen molar-refractivity contribution in [3.05, 3.63) is 34.8 Å². The van der Waals surface area contributed by atoms with Gasteiger partial charge in [-0.25, -0.2) is 9.78 Å². The van der Waals surface area contributed by atoms with Crippen LogP contribution in [0.3, 0.4) is 0 Å². The molecule has 0 bridgehead atoms. The van der Waals surface area contributed by atoms with E-state index in [0.717, 1.165) is 32.9 Å². The molecular formula is C20H26N2O3S. The van der Waals surface area contributed by atoms with Crippen molar-refractivity contribution in [3.63, 3.8) is 0 Å². The molecule has 0 saturated carbocycles. The molecule has 6 heteroatoms. The van der Waals surface area contributed by atoms with Crippen molar-refractivity contribution in [2.24, 2.45) is 5.92 Å². The molecule has 0 aliphatic carbocycles. The molecule has 5 nitrogen and oxygen atoms in total. The first-order valence-corrected chi connectivity index (χ1v) is 9.68. The van der Waals surface area contributed by atoms with E-state index in [2.05, 4.69) is 30.1 Å². The Bertz CT molecular complexity index is 835. The van der Waals surface area contributed by atoms with Gasteiger partial charge >= 0.3 is 6.09 Å². The largest absolute Gasteiger partial charge is 0.443 e. The second-order valence-corrected chi connectivity index (χ2v) is 8.86. The number of amides is 1. The fourth-order valence-corrected chi connectivity index (χ4v) is 3.91. The lowest BCUT2D eigenvalue weighted by Crippen LogP contribution is -2.39. The van der Waals surface area contributed by atoms with E-state index in [1.807, 2.05) is 26.8 Å². The van der Waals surface area contributed by atoms with Crippen LogP contribution in [0.5, 0.6) is 0 Å². The summed E-state index contributed by atoms with van der Waals surface area (Å²) in [6.07, 6.45) is 2.77. The van der Waals surface area contributed by atoms with Gasteiger partial charge in [0.2, 0.25) is 0 Å². The molecule has 26 heavy (non-hydrogen) atoms. The lowest BCUT2D eigenvalue weighted by Gasteiger charge is -2.33. The van der Waals surface area contributed by atoms with Gasteiger partial charge in [-0.1, -0.05) is 19.1 Å². The maximum Gasteiger partial charge on any atom is 0.414 e. The van der Waals surface area contributed by atoms with Gasteiger partial charge in [0, 0.05) is 19.2 Å². The molecule has 3 rings (SSSR count). The molecule has 0 spiro atoms. The number of fused-ring (bicyclic) bond motifs is 1. The van der Waals surface area contributed by atoms with Crippen LogP contribution >= 0.6 is 11.3 Å². The summed E-state index contributed by atoms with van der Waals surface area (Å²) in [5.41, 5.74) is 2.31. The van der Waals surface area contributed by atoms with E-state index in [9.17, 15) is 4.79 Å². The third-order valence-electron chi connectivity index (χ3n) is 4.11. The maximum atomic E-state index is 12.7. The molecule has 1 aliphatic heterocycles. The molecule has 1 aliphatic rings. The monoisotopic (exact) mass is 374 g/mol. The molecule has 140 valence electrons. The molecule has 1 aromatic carbocycles. The van der Waals surface area contributed by atoms with Crippen LogP contribution in [0, 0.1) is 5.92 Å². The fraction of sp³-hybridized carbons (Fsp3) is 0.500. The summed E-state index contributed by atoms with van der Waals surface area (Å²) in [6.45, 7) is 8.98. The summed E-state index contributed by atoms with van der Waals surface area (Å²) in [6, 6.07) is 6.16. The Morgan fingerprint density at radius 3 is 2.85 bits per heavy atom. The summed E-state index contributed by atoms with van der Waals surface area (Å²) < 4.78 is 11.9. The number of hydrogen-bond donors (Lipinski definition) is 0. The van der Waals surface area contributed by atoms with Gasteiger partial charge in [0.15, 0.2) is 0 Å². The van der Waals surface area contributed by atoms with Crippen molar-refractivity contribution >= 4 is 33.3 Å². The van der Waals surface area contributed by atoms with Gasteiger partial charge in [-0.05, 0) is 45.2 Å². The van der Waals surface area contributed by atoms with Crippen LogP contribution < -0.4 is 0 Å². The number of aromatic nitrogens is 1. The van der Waals surface area contributed by atoms with E-state index in [-0.39, 0.29) is 6.09 Å². The topological polar surface area (TPSA) is 51.7 Å². The van der Waals surface area contributed by atoms with Crippen LogP contribution in [-0.2, 0) is 16.1 Å². The van der Waals surface area contributed by atoms with Gasteiger partial charge in [-0.2, -0.15) is 0 Å². The zero-order valence-corrected chi connectivity index (χ0v) is 16.9. The maximum absolute atomic E-state index is 12.7. The predicted octanol–water partition coefficient (Wildman–Crippen LogP) is 5.06. The highest BCUT2D eigenvalue weighted by molar-refractivity contribution is 7.18. The van der Waals surface area contributed by atoms with Gasteiger partial charge in [0.05, 0.1) is 22.5 Å². The number of carbonyl (C=O) groups is 1. The standard InChI is InChI=1S/C20H26N2O3S/c1-13-6-8-16(22(11-13)19(23)25-20(2,3)4)14-7-9-17-15(10-14)21-18(26-17)12-24-5/h7-10,13H,6,11-12H2,1-5H3. The molecule has 2 aromatic rings. The number of carbonyl (C=O) groups excluding carboxylic acids is 1. The van der Waals surface area contributed by atoms with Crippen molar-refractivity contribution in [1.82, 2.24) is 9.88 Å². The molecule has 0 N–H and O–H groups in total. The molecule has 0 radical (unpaired) electrons. The Hall–Kier alpha value is -1.92. The summed E-state index contributed by atoms with van der Waals surface area (Å²) in [7, 11) is 1.67. The Morgan fingerprint density at radius 1 is 1.38 bits per heavy atom. The molecule has 0 saturated heterocycles. The average molecular weight is 375 g/mol. The van der Waals surface area contributed by atoms with Gasteiger partial charge < -0.3 is 9.47 Å². The zero-order chi connectivity index (χ0) is 18.9. The highest BCUT2D eigenvalue weighted by Crippen LogP contribution is 2.32. The van der Waals surface area contributed by atoms with Gasteiger partial charge in [0.25, 0.3) is 0 Å². The van der Waals surface area contributed by atoms with Crippen molar-refractivity contribution in [3.8, 4) is 0 Å². The van der Waals surface area contributed by atoms with E-state index in [1.165, 1.54) is 0 Å². The first-order valence-electron chi connectivity index (χ1n) is 8.86. The molecule has 1 atom stereocenters. The summed E-state index contributed by atoms with van der Waals surface area (Å²) in [4.78, 5) is 19.1. The van der Waals surface area contributed by atoms with Crippen molar-refractivity contribution < 1.29 is 14.3 Å². The highest BCUT2D eigenvalue weighted by atomic mass is 32.1. The summed E-state index contributed by atoms with van der Waals surface area (Å²) in [5.74, 6) is 0.405. The second-order valence-electron chi connectivity index (χ2n) is 7.74. The fourth-order valence-electron chi connectivity index (χ4n) is 2.99. The third-order valence-corrected chi connectivity index (χ3v) is 5.12. The number of thiazole rings is 1. The van der Waals surface area contributed by atoms with Crippen molar-refractivity contribution in [2.75, 3.05) is 13.7 Å². The molecule has 1 aromatic heterocycles. The summed E-state index contributed by atoms with van der Waals surface area (Å²) >= 11 is 1.63. The van der Waals surface area contributed by atoms with E-state index in [4.69, 9.17) is 9.47 Å². The normalized spacial score (nSPS) is 18.1.